The minimum atomic E-state index is 0.0180. The topological polar surface area (TPSA) is 46.5 Å². The van der Waals surface area contributed by atoms with Crippen molar-refractivity contribution >= 4 is 28.3 Å². The number of hydrogen-bond acceptors (Lipinski definition) is 3. The van der Waals surface area contributed by atoms with Crippen molar-refractivity contribution in [2.45, 2.75) is 51.7 Å². The van der Waals surface area contributed by atoms with Gasteiger partial charge in [0, 0.05) is 42.7 Å². The van der Waals surface area contributed by atoms with Crippen molar-refractivity contribution in [1.82, 2.24) is 14.8 Å². The molecule has 160 valence electrons. The number of fused-ring (bicyclic) bond motifs is 1. The van der Waals surface area contributed by atoms with E-state index >= 15 is 0 Å². The number of thiophene rings is 1. The molecule has 2 amide bonds. The number of aryl methyl sites for hydroxylation is 1. The summed E-state index contributed by atoms with van der Waals surface area (Å²) in [4.78, 5) is 16.3. The van der Waals surface area contributed by atoms with Crippen LogP contribution in [0.2, 0.25) is 0 Å². The third kappa shape index (κ3) is 4.25. The van der Waals surface area contributed by atoms with Gasteiger partial charge >= 0.3 is 6.03 Å². The number of carbonyl (C=O) groups is 1. The minimum Gasteiger partial charge on any atom is -0.383 e. The van der Waals surface area contributed by atoms with E-state index in [-0.39, 0.29) is 6.03 Å². The summed E-state index contributed by atoms with van der Waals surface area (Å²) in [6, 6.07) is 13.1. The van der Waals surface area contributed by atoms with Crippen LogP contribution in [0.3, 0.4) is 0 Å². The first-order chi connectivity index (χ1) is 14.7. The highest BCUT2D eigenvalue weighted by Crippen LogP contribution is 2.37. The van der Waals surface area contributed by atoms with Crippen molar-refractivity contribution in [1.29, 1.82) is 0 Å². The SMILES string of the molecule is CCn1c(-c2cccs2)c(CN(CCOC)C(=O)NC2CCCC2)c2ccccc21. The molecule has 0 radical (unpaired) electrons. The Morgan fingerprint density at radius 3 is 2.73 bits per heavy atom. The fourth-order valence-corrected chi connectivity index (χ4v) is 5.35. The molecule has 5 nitrogen and oxygen atoms in total. The van der Waals surface area contributed by atoms with Crippen molar-refractivity contribution in [3.05, 3.63) is 47.3 Å². The molecule has 0 saturated heterocycles. The Kier molecular flexibility index (Phi) is 6.75. The van der Waals surface area contributed by atoms with Crippen LogP contribution >= 0.6 is 11.3 Å². The Hall–Kier alpha value is -2.31. The van der Waals surface area contributed by atoms with Crippen LogP contribution in [-0.4, -0.2) is 41.8 Å². The Labute approximate surface area is 182 Å². The molecule has 30 heavy (non-hydrogen) atoms. The molecule has 1 aliphatic rings. The summed E-state index contributed by atoms with van der Waals surface area (Å²) in [5.41, 5.74) is 3.67. The Morgan fingerprint density at radius 2 is 2.03 bits per heavy atom. The van der Waals surface area contributed by atoms with Crippen LogP contribution in [0.4, 0.5) is 4.79 Å². The van der Waals surface area contributed by atoms with E-state index in [4.69, 9.17) is 4.74 Å². The standard InChI is InChI=1S/C24H31N3O2S/c1-3-27-21-12-7-6-11-19(21)20(23(27)22-13-8-16-30-22)17-26(14-15-29-2)24(28)25-18-9-4-5-10-18/h6-8,11-13,16,18H,3-5,9-10,14-15,17H2,1-2H3,(H,25,28). The maximum atomic E-state index is 13.2. The van der Waals surface area contributed by atoms with Gasteiger partial charge in [0.1, 0.15) is 0 Å². The fourth-order valence-electron chi connectivity index (χ4n) is 4.54. The molecular formula is C24H31N3O2S. The molecule has 0 bridgehead atoms. The molecule has 1 aromatic carbocycles. The number of rotatable bonds is 8. The second-order valence-corrected chi connectivity index (χ2v) is 8.86. The number of ether oxygens (including phenoxy) is 1. The normalized spacial score (nSPS) is 14.5. The van der Waals surface area contributed by atoms with Gasteiger partial charge in [0.15, 0.2) is 0 Å². The van der Waals surface area contributed by atoms with Crippen LogP contribution in [0.1, 0.15) is 38.2 Å². The Morgan fingerprint density at radius 1 is 1.23 bits per heavy atom. The van der Waals surface area contributed by atoms with Crippen molar-refractivity contribution < 1.29 is 9.53 Å². The number of carbonyl (C=O) groups excluding carboxylic acids is 1. The average Bonchev–Trinajstić information content (AvgIpc) is 3.51. The van der Waals surface area contributed by atoms with Gasteiger partial charge in [0.05, 0.1) is 23.7 Å². The van der Waals surface area contributed by atoms with E-state index in [1.165, 1.54) is 39.9 Å². The number of aromatic nitrogens is 1. The monoisotopic (exact) mass is 425 g/mol. The van der Waals surface area contributed by atoms with Gasteiger partial charge in [-0.05, 0) is 37.3 Å². The van der Waals surface area contributed by atoms with Gasteiger partial charge in [-0.2, -0.15) is 0 Å². The number of nitrogens with zero attached hydrogens (tertiary/aromatic N) is 2. The summed E-state index contributed by atoms with van der Waals surface area (Å²) in [5.74, 6) is 0. The highest BCUT2D eigenvalue weighted by atomic mass is 32.1. The van der Waals surface area contributed by atoms with Crippen LogP contribution in [0.15, 0.2) is 41.8 Å². The molecular weight excluding hydrogens is 394 g/mol. The summed E-state index contributed by atoms with van der Waals surface area (Å²) in [6.07, 6.45) is 4.57. The molecule has 4 rings (SSSR count). The zero-order valence-electron chi connectivity index (χ0n) is 17.9. The van der Waals surface area contributed by atoms with Crippen LogP contribution in [0.5, 0.6) is 0 Å². The summed E-state index contributed by atoms with van der Waals surface area (Å²) in [5, 5.41) is 6.60. The molecule has 2 heterocycles. The van der Waals surface area contributed by atoms with Gasteiger partial charge in [0.2, 0.25) is 0 Å². The van der Waals surface area contributed by atoms with Crippen molar-refractivity contribution in [2.75, 3.05) is 20.3 Å². The molecule has 1 N–H and O–H groups in total. The summed E-state index contributed by atoms with van der Waals surface area (Å²) >= 11 is 1.75. The number of methoxy groups -OCH3 is 1. The van der Waals surface area contributed by atoms with Gasteiger partial charge < -0.3 is 19.5 Å². The van der Waals surface area contributed by atoms with Crippen LogP contribution in [-0.2, 0) is 17.8 Å². The average molecular weight is 426 g/mol. The van der Waals surface area contributed by atoms with Crippen molar-refractivity contribution in [3.8, 4) is 10.6 Å². The van der Waals surface area contributed by atoms with Gasteiger partial charge in [-0.1, -0.05) is 37.1 Å². The van der Waals surface area contributed by atoms with Crippen molar-refractivity contribution in [2.24, 2.45) is 0 Å². The number of nitrogens with one attached hydrogen (secondary N) is 1. The molecule has 0 unspecified atom stereocenters. The molecule has 0 atom stereocenters. The lowest BCUT2D eigenvalue weighted by atomic mass is 10.1. The largest absolute Gasteiger partial charge is 0.383 e. The van der Waals surface area contributed by atoms with E-state index in [0.717, 1.165) is 19.4 Å². The molecule has 3 aromatic rings. The first-order valence-corrected chi connectivity index (χ1v) is 11.8. The molecule has 1 saturated carbocycles. The number of urea groups is 1. The van der Waals surface area contributed by atoms with Crippen LogP contribution < -0.4 is 5.32 Å². The molecule has 1 aliphatic carbocycles. The predicted octanol–water partition coefficient (Wildman–Crippen LogP) is 5.49. The molecule has 0 spiro atoms. The Bertz CT molecular complexity index is 974. The van der Waals surface area contributed by atoms with Gasteiger partial charge in [0.25, 0.3) is 0 Å². The first kappa shape index (κ1) is 20.9. The second-order valence-electron chi connectivity index (χ2n) is 7.91. The Balaban J connectivity index is 1.72. The second kappa shape index (κ2) is 9.67. The van der Waals surface area contributed by atoms with Gasteiger partial charge in [-0.15, -0.1) is 11.3 Å². The van der Waals surface area contributed by atoms with E-state index in [1.54, 1.807) is 18.4 Å². The maximum absolute atomic E-state index is 13.2. The number of hydrogen-bond donors (Lipinski definition) is 1. The van der Waals surface area contributed by atoms with E-state index in [2.05, 4.69) is 58.6 Å². The lowest BCUT2D eigenvalue weighted by Gasteiger charge is -2.25. The molecule has 1 fully saturated rings. The maximum Gasteiger partial charge on any atom is 0.317 e. The highest BCUT2D eigenvalue weighted by Gasteiger charge is 2.25. The van der Waals surface area contributed by atoms with E-state index in [0.29, 0.717) is 25.7 Å². The first-order valence-electron chi connectivity index (χ1n) is 10.9. The highest BCUT2D eigenvalue weighted by molar-refractivity contribution is 7.13. The van der Waals surface area contributed by atoms with E-state index in [1.807, 2.05) is 4.90 Å². The third-order valence-electron chi connectivity index (χ3n) is 6.03. The summed E-state index contributed by atoms with van der Waals surface area (Å²) < 4.78 is 7.70. The fraction of sp³-hybridized carbons (Fsp3) is 0.458. The third-order valence-corrected chi connectivity index (χ3v) is 6.91. The number of para-hydroxylation sites is 1. The van der Waals surface area contributed by atoms with E-state index < -0.39 is 0 Å². The number of amides is 2. The minimum absolute atomic E-state index is 0.0180. The summed E-state index contributed by atoms with van der Waals surface area (Å²) in [6.45, 7) is 4.75. The lowest BCUT2D eigenvalue weighted by molar-refractivity contribution is 0.145. The van der Waals surface area contributed by atoms with Crippen LogP contribution in [0.25, 0.3) is 21.5 Å². The van der Waals surface area contributed by atoms with E-state index in [9.17, 15) is 4.79 Å². The van der Waals surface area contributed by atoms with Crippen molar-refractivity contribution in [3.63, 3.8) is 0 Å². The zero-order valence-corrected chi connectivity index (χ0v) is 18.7. The predicted molar refractivity (Wildman–Crippen MR) is 124 cm³/mol. The smallest absolute Gasteiger partial charge is 0.317 e. The van der Waals surface area contributed by atoms with Gasteiger partial charge in [-0.25, -0.2) is 4.79 Å². The molecule has 2 aromatic heterocycles. The zero-order chi connectivity index (χ0) is 20.9. The summed E-state index contributed by atoms with van der Waals surface area (Å²) in [7, 11) is 1.69. The lowest BCUT2D eigenvalue weighted by Crippen LogP contribution is -2.44. The molecule has 6 heteroatoms. The van der Waals surface area contributed by atoms with Crippen LogP contribution in [0, 0.1) is 0 Å². The number of benzene rings is 1. The molecule has 0 aliphatic heterocycles. The quantitative estimate of drug-likeness (QED) is 0.519. The van der Waals surface area contributed by atoms with Gasteiger partial charge in [-0.3, -0.25) is 0 Å².